The number of carboxylic acids is 1. The maximum absolute atomic E-state index is 12.8. The molecular weight excluding hydrogens is 592 g/mol. The number of anilines is 1. The molecule has 1 unspecified atom stereocenters. The second-order valence-corrected chi connectivity index (χ2v) is 13.4. The van der Waals surface area contributed by atoms with Gasteiger partial charge in [-0.1, -0.05) is 30.7 Å². The number of likely N-dealkylation sites (tertiary alicyclic amines) is 1. The summed E-state index contributed by atoms with van der Waals surface area (Å²) in [6.45, 7) is 1.83. The standard InChI is InChI=1S/C23H27ClN4O8S3/c1-12(11-37)22(29)28-10-15(7-18(28)23(30)31)36-14-4-2-13(3-5-14)6-21-26-17-8-16(24)19(38(25,32)33)9-20(17)39(34,35)27-21/h2-5,8-9,12,15,18,21,26-27,37H,6-7,10-11H2,1H3,(H,30,31)(H2,25,32,33)/t12-,15+,18+,21?/m1/s1. The average Bonchev–Trinajstić information content (AvgIpc) is 3.26. The Bertz CT molecular complexity index is 1500. The summed E-state index contributed by atoms with van der Waals surface area (Å²) in [5, 5.41) is 17.5. The SMILES string of the molecule is C[C@H](CS)C(=O)N1C[C@@H](Oc2ccc(CC3Nc4cc(Cl)c(S(N)(=O)=O)cc4S(=O)(=O)N3)cc2)C[C@H]1C(=O)O. The molecule has 0 aliphatic carbocycles. The Labute approximate surface area is 236 Å². The summed E-state index contributed by atoms with van der Waals surface area (Å²) in [6, 6.07) is 7.94. The first-order valence-corrected chi connectivity index (χ1v) is 15.8. The largest absolute Gasteiger partial charge is 0.488 e. The Kier molecular flexibility index (Phi) is 8.40. The number of fused-ring (bicyclic) bond motifs is 1. The number of hydrogen-bond acceptors (Lipinski definition) is 9. The van der Waals surface area contributed by atoms with Crippen molar-refractivity contribution < 1.29 is 36.3 Å². The van der Waals surface area contributed by atoms with Crippen molar-refractivity contribution in [1.29, 1.82) is 0 Å². The normalized spacial score (nSPS) is 23.0. The van der Waals surface area contributed by atoms with E-state index in [0.29, 0.717) is 11.5 Å². The molecule has 0 bridgehead atoms. The van der Waals surface area contributed by atoms with Crippen LogP contribution in [0.3, 0.4) is 0 Å². The summed E-state index contributed by atoms with van der Waals surface area (Å²) >= 11 is 10.2. The quantitative estimate of drug-likeness (QED) is 0.272. The Morgan fingerprint density at radius 3 is 2.54 bits per heavy atom. The van der Waals surface area contributed by atoms with E-state index < -0.39 is 55.1 Å². The molecule has 2 aliphatic rings. The molecule has 1 fully saturated rings. The molecule has 2 aromatic rings. The Balaban J connectivity index is 1.43. The van der Waals surface area contributed by atoms with Gasteiger partial charge in [-0.25, -0.2) is 26.8 Å². The zero-order valence-corrected chi connectivity index (χ0v) is 23.9. The zero-order valence-electron chi connectivity index (χ0n) is 20.6. The first-order valence-electron chi connectivity index (χ1n) is 11.7. The highest BCUT2D eigenvalue weighted by Gasteiger charge is 2.42. The lowest BCUT2D eigenvalue weighted by Gasteiger charge is -2.28. The first-order chi connectivity index (χ1) is 18.2. The summed E-state index contributed by atoms with van der Waals surface area (Å²) in [4.78, 5) is 24.8. The summed E-state index contributed by atoms with van der Waals surface area (Å²) in [5.41, 5.74) is 0.879. The number of sulfonamides is 2. The fourth-order valence-electron chi connectivity index (χ4n) is 4.50. The van der Waals surface area contributed by atoms with Crippen molar-refractivity contribution in [3.8, 4) is 5.75 Å². The Morgan fingerprint density at radius 1 is 1.28 bits per heavy atom. The molecule has 2 heterocycles. The number of carbonyl (C=O) groups excluding carboxylic acids is 1. The highest BCUT2D eigenvalue weighted by atomic mass is 35.5. The molecule has 0 aromatic heterocycles. The van der Waals surface area contributed by atoms with E-state index in [9.17, 15) is 31.5 Å². The molecule has 1 amide bonds. The number of halogens is 1. The number of nitrogens with two attached hydrogens (primary N) is 1. The van der Waals surface area contributed by atoms with Crippen LogP contribution in [0.1, 0.15) is 18.9 Å². The Hall–Kier alpha value is -2.56. The van der Waals surface area contributed by atoms with Crippen molar-refractivity contribution in [2.45, 2.75) is 47.9 Å². The molecule has 4 atom stereocenters. The minimum Gasteiger partial charge on any atom is -0.488 e. The van der Waals surface area contributed by atoms with Gasteiger partial charge in [0.15, 0.2) is 0 Å². The van der Waals surface area contributed by atoms with E-state index in [4.69, 9.17) is 21.5 Å². The van der Waals surface area contributed by atoms with Crippen LogP contribution in [0.5, 0.6) is 5.75 Å². The lowest BCUT2D eigenvalue weighted by Crippen LogP contribution is -2.46. The van der Waals surface area contributed by atoms with Crippen LogP contribution in [0.15, 0.2) is 46.2 Å². The van der Waals surface area contributed by atoms with Gasteiger partial charge in [0.2, 0.25) is 26.0 Å². The van der Waals surface area contributed by atoms with E-state index in [1.807, 2.05) is 0 Å². The minimum absolute atomic E-state index is 0.136. The third-order valence-corrected chi connectivity index (χ3v) is 9.88. The van der Waals surface area contributed by atoms with Crippen molar-refractivity contribution in [2.75, 3.05) is 17.6 Å². The summed E-state index contributed by atoms with van der Waals surface area (Å²) < 4.78 is 57.5. The van der Waals surface area contributed by atoms with E-state index in [1.54, 1.807) is 31.2 Å². The number of nitrogens with zero attached hydrogens (tertiary/aromatic N) is 1. The lowest BCUT2D eigenvalue weighted by atomic mass is 10.1. The molecule has 0 saturated carbocycles. The number of primary sulfonamides is 1. The highest BCUT2D eigenvalue weighted by Crippen LogP contribution is 2.34. The summed E-state index contributed by atoms with van der Waals surface area (Å²) in [7, 11) is -8.30. The molecule has 0 radical (unpaired) electrons. The van der Waals surface area contributed by atoms with Gasteiger partial charge in [0.05, 0.1) is 23.4 Å². The van der Waals surface area contributed by atoms with Crippen LogP contribution in [0.4, 0.5) is 5.69 Å². The molecule has 2 aliphatic heterocycles. The number of nitrogens with one attached hydrogen (secondary N) is 2. The van der Waals surface area contributed by atoms with E-state index in [0.717, 1.165) is 11.6 Å². The molecule has 16 heteroatoms. The molecule has 39 heavy (non-hydrogen) atoms. The molecule has 2 aromatic carbocycles. The van der Waals surface area contributed by atoms with Crippen LogP contribution >= 0.6 is 24.2 Å². The molecule has 212 valence electrons. The molecule has 5 N–H and O–H groups in total. The van der Waals surface area contributed by atoms with Crippen LogP contribution in [0, 0.1) is 5.92 Å². The van der Waals surface area contributed by atoms with Crippen LogP contribution in [-0.2, 0) is 36.1 Å². The van der Waals surface area contributed by atoms with E-state index in [2.05, 4.69) is 22.7 Å². The van der Waals surface area contributed by atoms with Gasteiger partial charge in [-0.3, -0.25) is 4.79 Å². The lowest BCUT2D eigenvalue weighted by molar-refractivity contribution is -0.149. The number of ether oxygens (including phenoxy) is 1. The minimum atomic E-state index is -4.23. The van der Waals surface area contributed by atoms with Crippen LogP contribution in [0.2, 0.25) is 5.02 Å². The summed E-state index contributed by atoms with van der Waals surface area (Å²) in [5.74, 6) is -1.03. The monoisotopic (exact) mass is 618 g/mol. The second kappa shape index (κ2) is 11.1. The number of aliphatic carboxylic acids is 1. The topological polar surface area (TPSA) is 185 Å². The van der Waals surface area contributed by atoms with Gasteiger partial charge < -0.3 is 20.1 Å². The molecule has 4 rings (SSSR count). The predicted octanol–water partition coefficient (Wildman–Crippen LogP) is 1.26. The number of amides is 1. The molecular formula is C23H27ClN4O8S3. The average molecular weight is 619 g/mol. The van der Waals surface area contributed by atoms with Gasteiger partial charge in [-0.05, 0) is 29.8 Å². The van der Waals surface area contributed by atoms with Gasteiger partial charge in [0, 0.05) is 24.5 Å². The highest BCUT2D eigenvalue weighted by molar-refractivity contribution is 7.90. The molecule has 1 saturated heterocycles. The zero-order chi connectivity index (χ0) is 28.7. The van der Waals surface area contributed by atoms with E-state index in [1.165, 1.54) is 11.0 Å². The van der Waals surface area contributed by atoms with Gasteiger partial charge in [0.25, 0.3) is 0 Å². The van der Waals surface area contributed by atoms with Crippen molar-refractivity contribution in [3.05, 3.63) is 47.0 Å². The van der Waals surface area contributed by atoms with E-state index in [-0.39, 0.29) is 40.9 Å². The predicted molar refractivity (Wildman–Crippen MR) is 146 cm³/mol. The van der Waals surface area contributed by atoms with Crippen LogP contribution in [-0.4, -0.2) is 69.3 Å². The maximum atomic E-state index is 12.8. The maximum Gasteiger partial charge on any atom is 0.326 e. The fraction of sp³-hybridized carbons (Fsp3) is 0.391. The van der Waals surface area contributed by atoms with Gasteiger partial charge in [-0.2, -0.15) is 17.4 Å². The number of rotatable bonds is 8. The first kappa shape index (κ1) is 29.4. The van der Waals surface area contributed by atoms with Gasteiger partial charge in [0.1, 0.15) is 27.7 Å². The van der Waals surface area contributed by atoms with Crippen molar-refractivity contribution in [2.24, 2.45) is 11.1 Å². The number of benzene rings is 2. The van der Waals surface area contributed by atoms with Crippen molar-refractivity contribution in [1.82, 2.24) is 9.62 Å². The number of thiol groups is 1. The number of carbonyl (C=O) groups is 2. The summed E-state index contributed by atoms with van der Waals surface area (Å²) in [6.07, 6.45) is -0.902. The van der Waals surface area contributed by atoms with Gasteiger partial charge in [-0.15, -0.1) is 0 Å². The van der Waals surface area contributed by atoms with Crippen LogP contribution in [0.25, 0.3) is 0 Å². The second-order valence-electron chi connectivity index (χ2n) is 9.39. The third kappa shape index (κ3) is 6.44. The molecule has 0 spiro atoms. The van der Waals surface area contributed by atoms with Crippen molar-refractivity contribution in [3.63, 3.8) is 0 Å². The Morgan fingerprint density at radius 2 is 1.95 bits per heavy atom. The van der Waals surface area contributed by atoms with Crippen LogP contribution < -0.4 is 19.9 Å². The van der Waals surface area contributed by atoms with E-state index >= 15 is 0 Å². The van der Waals surface area contributed by atoms with Gasteiger partial charge >= 0.3 is 5.97 Å². The smallest absolute Gasteiger partial charge is 0.326 e. The van der Waals surface area contributed by atoms with Crippen molar-refractivity contribution >= 4 is 61.8 Å². The third-order valence-electron chi connectivity index (χ3n) is 6.45. The molecule has 12 nitrogen and oxygen atoms in total. The number of hydrogen-bond donors (Lipinski definition) is 5. The fourth-order valence-corrected chi connectivity index (χ4v) is 7.16. The number of carboxylic acid groups (broad SMARTS) is 1.